The summed E-state index contributed by atoms with van der Waals surface area (Å²) in [6, 6.07) is 12.2. The molecule has 4 heterocycles. The lowest BCUT2D eigenvalue weighted by Gasteiger charge is -2.10. The number of carbonyl (C=O) groups is 1. The second kappa shape index (κ2) is 8.90. The average molecular weight is 472 g/mol. The zero-order valence-electron chi connectivity index (χ0n) is 19.2. The Bertz CT molecular complexity index is 1540. The van der Waals surface area contributed by atoms with Gasteiger partial charge in [0.25, 0.3) is 0 Å². The molecule has 1 amide bonds. The van der Waals surface area contributed by atoms with E-state index in [1.807, 2.05) is 35.8 Å². The lowest BCUT2D eigenvalue weighted by atomic mass is 10.0. The maximum atomic E-state index is 14.0. The van der Waals surface area contributed by atoms with Crippen molar-refractivity contribution in [1.82, 2.24) is 24.1 Å². The molecule has 35 heavy (non-hydrogen) atoms. The summed E-state index contributed by atoms with van der Waals surface area (Å²) in [6.45, 7) is 0. The number of aryl methyl sites for hydroxylation is 1. The second-order valence-corrected chi connectivity index (χ2v) is 7.72. The number of carbonyl (C=O) groups excluding carboxylic acids is 1. The van der Waals surface area contributed by atoms with Crippen molar-refractivity contribution in [3.8, 4) is 39.4 Å². The smallest absolute Gasteiger partial charge is 0.412 e. The third-order valence-electron chi connectivity index (χ3n) is 5.65. The Morgan fingerprint density at radius 3 is 2.51 bits per heavy atom. The Balaban J connectivity index is 1.56. The number of nitrogens with one attached hydrogen (secondary N) is 1. The van der Waals surface area contributed by atoms with Crippen LogP contribution in [0, 0.1) is 5.82 Å². The van der Waals surface area contributed by atoms with Crippen LogP contribution in [0.25, 0.3) is 39.3 Å². The minimum Gasteiger partial charge on any atom is -0.494 e. The molecule has 10 heteroatoms. The third-order valence-corrected chi connectivity index (χ3v) is 5.65. The van der Waals surface area contributed by atoms with Gasteiger partial charge < -0.3 is 9.47 Å². The van der Waals surface area contributed by atoms with Gasteiger partial charge in [0.2, 0.25) is 0 Å². The Hall–Kier alpha value is -4.73. The van der Waals surface area contributed by atoms with Gasteiger partial charge in [-0.05, 0) is 42.0 Å². The number of halogens is 1. The number of imidazole rings is 1. The fraction of sp³-hybridized carbons (Fsp3) is 0.120. The molecule has 0 bridgehead atoms. The molecule has 0 aliphatic heterocycles. The van der Waals surface area contributed by atoms with E-state index in [9.17, 15) is 9.18 Å². The molecular weight excluding hydrogens is 451 g/mol. The van der Waals surface area contributed by atoms with Crippen LogP contribution in [0.15, 0.2) is 67.3 Å². The minimum atomic E-state index is -0.588. The zero-order chi connectivity index (χ0) is 24.5. The van der Waals surface area contributed by atoms with E-state index < -0.39 is 11.9 Å². The van der Waals surface area contributed by atoms with E-state index >= 15 is 0 Å². The first-order valence-electron chi connectivity index (χ1n) is 10.6. The molecule has 176 valence electrons. The van der Waals surface area contributed by atoms with Crippen LogP contribution in [0.3, 0.4) is 0 Å². The van der Waals surface area contributed by atoms with Gasteiger partial charge >= 0.3 is 6.09 Å². The fourth-order valence-electron chi connectivity index (χ4n) is 3.93. The third kappa shape index (κ3) is 4.05. The molecule has 1 N–H and O–H groups in total. The van der Waals surface area contributed by atoms with Gasteiger partial charge in [-0.2, -0.15) is 5.10 Å². The van der Waals surface area contributed by atoms with Gasteiger partial charge in [-0.25, -0.2) is 19.2 Å². The van der Waals surface area contributed by atoms with Crippen LogP contribution in [-0.4, -0.2) is 44.5 Å². The molecule has 0 saturated carbocycles. The monoisotopic (exact) mass is 472 g/mol. The van der Waals surface area contributed by atoms with E-state index in [0.29, 0.717) is 5.82 Å². The predicted molar refractivity (Wildman–Crippen MR) is 129 cm³/mol. The van der Waals surface area contributed by atoms with Gasteiger partial charge in [-0.1, -0.05) is 6.07 Å². The number of methoxy groups -OCH3 is 2. The van der Waals surface area contributed by atoms with Gasteiger partial charge in [0.15, 0.2) is 11.6 Å². The first-order valence-corrected chi connectivity index (χ1v) is 10.6. The number of anilines is 1. The Morgan fingerprint density at radius 2 is 1.77 bits per heavy atom. The van der Waals surface area contributed by atoms with E-state index in [1.165, 1.54) is 20.3 Å². The summed E-state index contributed by atoms with van der Waals surface area (Å²) in [4.78, 5) is 20.2. The van der Waals surface area contributed by atoms with E-state index in [-0.39, 0.29) is 5.75 Å². The molecule has 0 unspecified atom stereocenters. The van der Waals surface area contributed by atoms with E-state index in [0.717, 1.165) is 39.3 Å². The van der Waals surface area contributed by atoms with Crippen molar-refractivity contribution in [2.45, 2.75) is 0 Å². The molecule has 4 aromatic heterocycles. The molecule has 0 atom stereocenters. The summed E-state index contributed by atoms with van der Waals surface area (Å²) >= 11 is 0. The summed E-state index contributed by atoms with van der Waals surface area (Å²) in [5.74, 6) is 0.124. The van der Waals surface area contributed by atoms with Crippen LogP contribution in [0.2, 0.25) is 0 Å². The van der Waals surface area contributed by atoms with Crippen LogP contribution < -0.4 is 10.1 Å². The summed E-state index contributed by atoms with van der Waals surface area (Å²) in [6.07, 6.45) is 6.55. The van der Waals surface area contributed by atoms with Crippen molar-refractivity contribution in [3.63, 3.8) is 0 Å². The van der Waals surface area contributed by atoms with Crippen LogP contribution in [0.5, 0.6) is 5.75 Å². The highest BCUT2D eigenvalue weighted by atomic mass is 19.1. The first-order chi connectivity index (χ1) is 17.0. The average Bonchev–Trinajstić information content (AvgIpc) is 3.47. The number of benzene rings is 1. The number of aromatic nitrogens is 5. The maximum absolute atomic E-state index is 14.0. The van der Waals surface area contributed by atoms with Gasteiger partial charge in [0.1, 0.15) is 11.5 Å². The first kappa shape index (κ1) is 22.1. The van der Waals surface area contributed by atoms with Gasteiger partial charge in [-0.15, -0.1) is 0 Å². The predicted octanol–water partition coefficient (Wildman–Crippen LogP) is 4.79. The summed E-state index contributed by atoms with van der Waals surface area (Å²) < 4.78 is 27.5. The van der Waals surface area contributed by atoms with Crippen molar-refractivity contribution in [2.75, 3.05) is 19.5 Å². The van der Waals surface area contributed by atoms with Crippen molar-refractivity contribution in [2.24, 2.45) is 7.05 Å². The molecule has 0 spiro atoms. The number of pyridine rings is 2. The standard InChI is InChI=1S/C25H21FN6O3/c1-31-24(18(12-29-31)15-4-7-19(26)21(10-15)34-2)17-6-9-23-28-13-20(32(23)14-17)16-5-8-22(27-11-16)30-25(33)35-3/h4-14H,1-3H3,(H,27,30,33). The number of amides is 1. The van der Waals surface area contributed by atoms with Crippen LogP contribution in [-0.2, 0) is 11.8 Å². The molecule has 0 aliphatic carbocycles. The Morgan fingerprint density at radius 1 is 0.971 bits per heavy atom. The number of nitrogens with zero attached hydrogens (tertiary/aromatic N) is 5. The minimum absolute atomic E-state index is 0.169. The highest BCUT2D eigenvalue weighted by molar-refractivity contribution is 5.84. The molecule has 1 aromatic carbocycles. The highest BCUT2D eigenvalue weighted by Gasteiger charge is 2.17. The number of fused-ring (bicyclic) bond motifs is 1. The van der Waals surface area contributed by atoms with Crippen molar-refractivity contribution >= 4 is 17.6 Å². The SMILES string of the molecule is COC(=O)Nc1ccc(-c2cnc3ccc(-c4c(-c5ccc(F)c(OC)c5)cnn4C)cn23)cn1. The van der Waals surface area contributed by atoms with Crippen LogP contribution >= 0.6 is 0 Å². The van der Waals surface area contributed by atoms with Crippen molar-refractivity contribution in [3.05, 3.63) is 73.1 Å². The number of hydrogen-bond acceptors (Lipinski definition) is 6. The highest BCUT2D eigenvalue weighted by Crippen LogP contribution is 2.35. The molecule has 0 fully saturated rings. The van der Waals surface area contributed by atoms with Gasteiger partial charge in [0.05, 0.1) is 38.0 Å². The molecular formula is C25H21FN6O3. The van der Waals surface area contributed by atoms with Crippen LogP contribution in [0.4, 0.5) is 15.0 Å². The van der Waals surface area contributed by atoms with Gasteiger partial charge in [0, 0.05) is 36.1 Å². The molecule has 5 rings (SSSR count). The van der Waals surface area contributed by atoms with Crippen molar-refractivity contribution < 1.29 is 18.7 Å². The maximum Gasteiger partial charge on any atom is 0.412 e. The van der Waals surface area contributed by atoms with Crippen LogP contribution in [0.1, 0.15) is 0 Å². The topological polar surface area (TPSA) is 95.6 Å². The second-order valence-electron chi connectivity index (χ2n) is 7.72. The summed E-state index contributed by atoms with van der Waals surface area (Å²) in [5, 5.41) is 6.97. The molecule has 0 aliphatic rings. The number of hydrogen-bond donors (Lipinski definition) is 1. The fourth-order valence-corrected chi connectivity index (χ4v) is 3.93. The van der Waals surface area contributed by atoms with Crippen molar-refractivity contribution in [1.29, 1.82) is 0 Å². The quantitative estimate of drug-likeness (QED) is 0.395. The zero-order valence-corrected chi connectivity index (χ0v) is 19.2. The number of rotatable bonds is 5. The molecule has 9 nitrogen and oxygen atoms in total. The molecule has 0 radical (unpaired) electrons. The summed E-state index contributed by atoms with van der Waals surface area (Å²) in [7, 11) is 4.59. The van der Waals surface area contributed by atoms with E-state index in [2.05, 4.69) is 25.1 Å². The van der Waals surface area contributed by atoms with E-state index in [1.54, 1.807) is 41.5 Å². The Kier molecular flexibility index (Phi) is 5.61. The van der Waals surface area contributed by atoms with Gasteiger partial charge in [-0.3, -0.25) is 14.4 Å². The number of ether oxygens (including phenoxy) is 2. The van der Waals surface area contributed by atoms with E-state index in [4.69, 9.17) is 4.74 Å². The lowest BCUT2D eigenvalue weighted by Crippen LogP contribution is -2.11. The molecule has 0 saturated heterocycles. The normalized spacial score (nSPS) is 11.0. The largest absolute Gasteiger partial charge is 0.494 e. The lowest BCUT2D eigenvalue weighted by molar-refractivity contribution is 0.187. The molecule has 5 aromatic rings. The Labute approximate surface area is 199 Å². The summed E-state index contributed by atoms with van der Waals surface area (Å²) in [5.41, 5.74) is 5.78.